The molecule has 5 nitrogen and oxygen atoms in total. The van der Waals surface area contributed by atoms with E-state index in [4.69, 9.17) is 14.2 Å². The number of nitrogens with zero attached hydrogens (tertiary/aromatic N) is 1. The van der Waals surface area contributed by atoms with Crippen molar-refractivity contribution in [3.05, 3.63) is 48.3 Å². The topological polar surface area (TPSA) is 45.0 Å². The molecule has 1 fully saturated rings. The molecule has 1 N–H and O–H groups in total. The Hall–Kier alpha value is -2.27. The Kier molecular flexibility index (Phi) is 6.72. The predicted octanol–water partition coefficient (Wildman–Crippen LogP) is 2.68. The van der Waals surface area contributed by atoms with Gasteiger partial charge in [0.05, 0.1) is 33.9 Å². The summed E-state index contributed by atoms with van der Waals surface area (Å²) in [6, 6.07) is 10.5. The lowest BCUT2D eigenvalue weighted by Gasteiger charge is -2.32. The highest BCUT2D eigenvalue weighted by molar-refractivity contribution is 5.51. The van der Waals surface area contributed by atoms with Gasteiger partial charge in [0.15, 0.2) is 11.5 Å². The third kappa shape index (κ3) is 4.47. The number of rotatable bonds is 8. The maximum atomic E-state index is 6.01. The van der Waals surface area contributed by atoms with Crippen LogP contribution >= 0.6 is 0 Å². The summed E-state index contributed by atoms with van der Waals surface area (Å²) in [4.78, 5) is 5.94. The summed E-state index contributed by atoms with van der Waals surface area (Å²) in [5.74, 6) is 2.11. The molecule has 1 aromatic carbocycles. The van der Waals surface area contributed by atoms with E-state index in [-0.39, 0.29) is 0 Å². The molecule has 0 saturated carbocycles. The minimum absolute atomic E-state index is 0.554. The Morgan fingerprint density at radius 2 is 1.88 bits per heavy atom. The Morgan fingerprint density at radius 3 is 2.58 bits per heavy atom. The summed E-state index contributed by atoms with van der Waals surface area (Å²) >= 11 is 0. The standard InChI is InChI=1S/C21H28N2O3/c1-24-19-10-5-11-20(25-2)21(19)26-15-7-14-23-13-4-3-9-18(23)17-8-6-12-22-16-17/h5-6,8,10-12,16,18H,3-4,7,9,13-15H2,1-2H3/p+1/t18-/m0/s1. The molecule has 5 heteroatoms. The molecule has 2 atom stereocenters. The number of ether oxygens (including phenoxy) is 3. The van der Waals surface area contributed by atoms with Crippen molar-refractivity contribution in [3.63, 3.8) is 0 Å². The van der Waals surface area contributed by atoms with Crippen LogP contribution in [0.3, 0.4) is 0 Å². The van der Waals surface area contributed by atoms with Gasteiger partial charge in [0.1, 0.15) is 6.04 Å². The fraction of sp³-hybridized carbons (Fsp3) is 0.476. The number of para-hydroxylation sites is 1. The molecule has 2 aromatic rings. The van der Waals surface area contributed by atoms with Gasteiger partial charge in [-0.2, -0.15) is 0 Å². The number of nitrogens with one attached hydrogen (secondary N) is 1. The largest absolute Gasteiger partial charge is 0.493 e. The number of likely N-dealkylation sites (tertiary alicyclic amines) is 1. The summed E-state index contributed by atoms with van der Waals surface area (Å²) in [6.45, 7) is 2.97. The van der Waals surface area contributed by atoms with Gasteiger partial charge in [-0.1, -0.05) is 12.1 Å². The first-order chi connectivity index (χ1) is 12.8. The second kappa shape index (κ2) is 9.43. The molecule has 140 valence electrons. The lowest BCUT2D eigenvalue weighted by molar-refractivity contribution is -0.937. The highest BCUT2D eigenvalue weighted by Gasteiger charge is 2.27. The zero-order valence-electron chi connectivity index (χ0n) is 15.7. The van der Waals surface area contributed by atoms with Crippen LogP contribution in [0.4, 0.5) is 0 Å². The van der Waals surface area contributed by atoms with Crippen LogP contribution in [0, 0.1) is 0 Å². The molecule has 0 radical (unpaired) electrons. The number of pyridine rings is 1. The van der Waals surface area contributed by atoms with E-state index in [2.05, 4.69) is 11.1 Å². The molecular weight excluding hydrogens is 328 g/mol. The Labute approximate surface area is 155 Å². The first-order valence-electron chi connectivity index (χ1n) is 9.41. The Morgan fingerprint density at radius 1 is 1.08 bits per heavy atom. The van der Waals surface area contributed by atoms with E-state index in [1.165, 1.54) is 31.4 Å². The molecule has 1 unspecified atom stereocenters. The number of hydrogen-bond donors (Lipinski definition) is 1. The van der Waals surface area contributed by atoms with Gasteiger partial charge in [0, 0.05) is 30.8 Å². The van der Waals surface area contributed by atoms with Gasteiger partial charge in [-0.15, -0.1) is 0 Å². The predicted molar refractivity (Wildman–Crippen MR) is 101 cm³/mol. The van der Waals surface area contributed by atoms with Crippen molar-refractivity contribution in [3.8, 4) is 17.2 Å². The van der Waals surface area contributed by atoms with E-state index in [1.807, 2.05) is 36.7 Å². The number of piperidine rings is 1. The molecular formula is C21H29N2O3+. The summed E-state index contributed by atoms with van der Waals surface area (Å²) in [7, 11) is 3.30. The van der Waals surface area contributed by atoms with Crippen molar-refractivity contribution < 1.29 is 19.1 Å². The van der Waals surface area contributed by atoms with E-state index >= 15 is 0 Å². The highest BCUT2D eigenvalue weighted by Crippen LogP contribution is 2.36. The van der Waals surface area contributed by atoms with Crippen molar-refractivity contribution in [2.75, 3.05) is 33.9 Å². The van der Waals surface area contributed by atoms with Crippen molar-refractivity contribution >= 4 is 0 Å². The van der Waals surface area contributed by atoms with Gasteiger partial charge >= 0.3 is 0 Å². The van der Waals surface area contributed by atoms with E-state index in [0.29, 0.717) is 29.9 Å². The van der Waals surface area contributed by atoms with Gasteiger partial charge in [0.25, 0.3) is 0 Å². The summed E-state index contributed by atoms with van der Waals surface area (Å²) in [5.41, 5.74) is 1.36. The second-order valence-corrected chi connectivity index (χ2v) is 6.69. The molecule has 3 rings (SSSR count). The smallest absolute Gasteiger partial charge is 0.203 e. The van der Waals surface area contributed by atoms with Crippen LogP contribution in [0.1, 0.15) is 37.3 Å². The van der Waals surface area contributed by atoms with Crippen LogP contribution in [-0.2, 0) is 0 Å². The minimum Gasteiger partial charge on any atom is -0.493 e. The highest BCUT2D eigenvalue weighted by atomic mass is 16.5. The van der Waals surface area contributed by atoms with Crippen molar-refractivity contribution in [2.45, 2.75) is 31.7 Å². The lowest BCUT2D eigenvalue weighted by atomic mass is 9.96. The van der Waals surface area contributed by atoms with Gasteiger partial charge in [0.2, 0.25) is 5.75 Å². The van der Waals surface area contributed by atoms with E-state index < -0.39 is 0 Å². The second-order valence-electron chi connectivity index (χ2n) is 6.69. The molecule has 1 aromatic heterocycles. The van der Waals surface area contributed by atoms with Crippen LogP contribution in [0.25, 0.3) is 0 Å². The normalized spacial score (nSPS) is 19.8. The quantitative estimate of drug-likeness (QED) is 0.738. The van der Waals surface area contributed by atoms with Crippen molar-refractivity contribution in [1.29, 1.82) is 0 Å². The summed E-state index contributed by atoms with van der Waals surface area (Å²) in [6.07, 6.45) is 8.70. The summed E-state index contributed by atoms with van der Waals surface area (Å²) < 4.78 is 16.8. The SMILES string of the molecule is COc1cccc(OC)c1OCCC[NH+]1CCCC[C@H]1c1cccnc1. The number of methoxy groups -OCH3 is 2. The minimum atomic E-state index is 0.554. The molecule has 1 aliphatic heterocycles. The molecule has 26 heavy (non-hydrogen) atoms. The van der Waals surface area contributed by atoms with Crippen molar-refractivity contribution in [2.24, 2.45) is 0 Å². The fourth-order valence-electron chi connectivity index (χ4n) is 3.80. The molecule has 0 bridgehead atoms. The number of aromatic nitrogens is 1. The average Bonchev–Trinajstić information content (AvgIpc) is 2.72. The Bertz CT molecular complexity index is 656. The lowest BCUT2D eigenvalue weighted by Crippen LogP contribution is -3.13. The van der Waals surface area contributed by atoms with Gasteiger partial charge in [-0.25, -0.2) is 0 Å². The summed E-state index contributed by atoms with van der Waals surface area (Å²) in [5, 5.41) is 0. The average molecular weight is 357 g/mol. The first-order valence-corrected chi connectivity index (χ1v) is 9.41. The van der Waals surface area contributed by atoms with Crippen LogP contribution in [0.2, 0.25) is 0 Å². The van der Waals surface area contributed by atoms with Crippen LogP contribution < -0.4 is 19.1 Å². The van der Waals surface area contributed by atoms with Crippen LogP contribution in [0.15, 0.2) is 42.7 Å². The number of hydrogen-bond acceptors (Lipinski definition) is 4. The Balaban J connectivity index is 1.56. The fourth-order valence-corrected chi connectivity index (χ4v) is 3.80. The van der Waals surface area contributed by atoms with E-state index in [1.54, 1.807) is 19.1 Å². The van der Waals surface area contributed by atoms with Gasteiger partial charge < -0.3 is 19.1 Å². The van der Waals surface area contributed by atoms with E-state index in [0.717, 1.165) is 13.0 Å². The molecule has 1 aliphatic rings. The molecule has 0 amide bonds. The van der Waals surface area contributed by atoms with Crippen LogP contribution in [-0.4, -0.2) is 38.9 Å². The zero-order chi connectivity index (χ0) is 18.2. The molecule has 0 aliphatic carbocycles. The molecule has 1 saturated heterocycles. The monoisotopic (exact) mass is 357 g/mol. The maximum absolute atomic E-state index is 6.01. The van der Waals surface area contributed by atoms with Crippen molar-refractivity contribution in [1.82, 2.24) is 4.98 Å². The van der Waals surface area contributed by atoms with Gasteiger partial charge in [-0.3, -0.25) is 4.98 Å². The zero-order valence-corrected chi connectivity index (χ0v) is 15.7. The molecule has 2 heterocycles. The third-order valence-corrected chi connectivity index (χ3v) is 5.09. The number of benzene rings is 1. The number of quaternary nitrogens is 1. The first kappa shape index (κ1) is 18.5. The van der Waals surface area contributed by atoms with Crippen LogP contribution in [0.5, 0.6) is 17.2 Å². The maximum Gasteiger partial charge on any atom is 0.203 e. The van der Waals surface area contributed by atoms with E-state index in [9.17, 15) is 0 Å². The van der Waals surface area contributed by atoms with Gasteiger partial charge in [-0.05, 0) is 31.0 Å². The third-order valence-electron chi connectivity index (χ3n) is 5.09. The molecule has 0 spiro atoms.